The Morgan fingerprint density at radius 2 is 2.17 bits per heavy atom. The summed E-state index contributed by atoms with van der Waals surface area (Å²) >= 11 is 0. The number of amides is 1. The maximum absolute atomic E-state index is 11.8. The van der Waals surface area contributed by atoms with Crippen molar-refractivity contribution >= 4 is 12.1 Å². The van der Waals surface area contributed by atoms with Crippen LogP contribution in [0.3, 0.4) is 0 Å². The number of carbonyl (C=O) groups excluding carboxylic acids is 2. The number of nitrogens with one attached hydrogen (secondary N) is 1. The Bertz CT molecular complexity index is 600. The topological polar surface area (TPSA) is 64.6 Å². The summed E-state index contributed by atoms with van der Waals surface area (Å²) in [6.45, 7) is 6.25. The molecule has 1 saturated heterocycles. The van der Waals surface area contributed by atoms with E-state index in [0.29, 0.717) is 18.2 Å². The third-order valence-corrected chi connectivity index (χ3v) is 4.83. The SMILES string of the molecule is C=C1C(=O)O[C@@H]2C=C(C)CCC=C(COC(=O)NC3CC3)CC[C@@H]12. The van der Waals surface area contributed by atoms with Gasteiger partial charge in [0.1, 0.15) is 12.7 Å². The molecule has 3 aliphatic rings. The monoisotopic (exact) mass is 331 g/mol. The molecule has 5 heteroatoms. The van der Waals surface area contributed by atoms with Crippen molar-refractivity contribution in [2.24, 2.45) is 5.92 Å². The summed E-state index contributed by atoms with van der Waals surface area (Å²) in [6.07, 6.45) is 9.12. The molecule has 0 unspecified atom stereocenters. The Kier molecular flexibility index (Phi) is 5.07. The van der Waals surface area contributed by atoms with Crippen LogP contribution in [0.4, 0.5) is 4.79 Å². The van der Waals surface area contributed by atoms with Gasteiger partial charge in [-0.15, -0.1) is 0 Å². The average molecular weight is 331 g/mol. The normalized spacial score (nSPS) is 27.5. The van der Waals surface area contributed by atoms with E-state index >= 15 is 0 Å². The van der Waals surface area contributed by atoms with E-state index in [-0.39, 0.29) is 24.1 Å². The smallest absolute Gasteiger partial charge is 0.407 e. The van der Waals surface area contributed by atoms with Crippen LogP contribution in [-0.4, -0.2) is 30.8 Å². The molecule has 2 aliphatic carbocycles. The number of ether oxygens (including phenoxy) is 2. The first-order valence-electron chi connectivity index (χ1n) is 8.71. The number of allylic oxidation sites excluding steroid dienone is 2. The second-order valence-corrected chi connectivity index (χ2v) is 6.95. The minimum absolute atomic E-state index is 0.00856. The molecule has 1 heterocycles. The number of rotatable bonds is 3. The third-order valence-electron chi connectivity index (χ3n) is 4.83. The molecule has 0 aromatic carbocycles. The van der Waals surface area contributed by atoms with Gasteiger partial charge in [-0.2, -0.15) is 0 Å². The van der Waals surface area contributed by atoms with Gasteiger partial charge in [-0.25, -0.2) is 9.59 Å². The fourth-order valence-electron chi connectivity index (χ4n) is 3.16. The van der Waals surface area contributed by atoms with E-state index in [9.17, 15) is 9.59 Å². The van der Waals surface area contributed by atoms with E-state index in [1.807, 2.05) is 0 Å². The van der Waals surface area contributed by atoms with Crippen LogP contribution in [0, 0.1) is 5.92 Å². The van der Waals surface area contributed by atoms with Gasteiger partial charge in [-0.1, -0.05) is 18.2 Å². The number of alkyl carbamates (subject to hydrolysis) is 1. The summed E-state index contributed by atoms with van der Waals surface area (Å²) in [5.74, 6) is -0.284. The van der Waals surface area contributed by atoms with E-state index < -0.39 is 0 Å². The Morgan fingerprint density at radius 1 is 1.38 bits per heavy atom. The van der Waals surface area contributed by atoms with Gasteiger partial charge in [0.15, 0.2) is 0 Å². The van der Waals surface area contributed by atoms with E-state index in [4.69, 9.17) is 9.47 Å². The van der Waals surface area contributed by atoms with E-state index in [1.54, 1.807) is 0 Å². The lowest BCUT2D eigenvalue weighted by Crippen LogP contribution is -2.27. The molecule has 5 nitrogen and oxygen atoms in total. The third kappa shape index (κ3) is 4.28. The molecule has 0 aromatic rings. The zero-order valence-corrected chi connectivity index (χ0v) is 14.2. The van der Waals surface area contributed by atoms with Crippen LogP contribution in [0.15, 0.2) is 35.5 Å². The lowest BCUT2D eigenvalue weighted by molar-refractivity contribution is -0.137. The van der Waals surface area contributed by atoms with Crippen LogP contribution >= 0.6 is 0 Å². The highest BCUT2D eigenvalue weighted by Crippen LogP contribution is 2.34. The molecule has 0 bridgehead atoms. The quantitative estimate of drug-likeness (QED) is 0.489. The largest absolute Gasteiger partial charge is 0.454 e. The fourth-order valence-corrected chi connectivity index (χ4v) is 3.16. The van der Waals surface area contributed by atoms with Gasteiger partial charge in [0.2, 0.25) is 0 Å². The molecule has 130 valence electrons. The molecule has 0 aromatic heterocycles. The molecular weight excluding hydrogens is 306 g/mol. The minimum Gasteiger partial charge on any atom is -0.454 e. The predicted octanol–water partition coefficient (Wildman–Crippen LogP) is 3.42. The average Bonchev–Trinajstić information content (AvgIpc) is 3.30. The maximum atomic E-state index is 11.8. The second-order valence-electron chi connectivity index (χ2n) is 6.95. The summed E-state index contributed by atoms with van der Waals surface area (Å²) < 4.78 is 10.8. The highest BCUT2D eigenvalue weighted by atomic mass is 16.6. The molecule has 1 aliphatic heterocycles. The molecule has 1 amide bonds. The zero-order chi connectivity index (χ0) is 17.1. The fraction of sp³-hybridized carbons (Fsp3) is 0.579. The van der Waals surface area contributed by atoms with Crippen molar-refractivity contribution in [2.75, 3.05) is 6.61 Å². The number of hydrogen-bond acceptors (Lipinski definition) is 4. The van der Waals surface area contributed by atoms with Crippen molar-refractivity contribution in [3.8, 4) is 0 Å². The van der Waals surface area contributed by atoms with Gasteiger partial charge in [0.05, 0.1) is 0 Å². The van der Waals surface area contributed by atoms with Crippen molar-refractivity contribution in [3.63, 3.8) is 0 Å². The van der Waals surface area contributed by atoms with Crippen molar-refractivity contribution < 1.29 is 19.1 Å². The summed E-state index contributed by atoms with van der Waals surface area (Å²) in [6, 6.07) is 0.300. The summed E-state index contributed by atoms with van der Waals surface area (Å²) in [4.78, 5) is 23.5. The van der Waals surface area contributed by atoms with E-state index in [0.717, 1.165) is 44.1 Å². The summed E-state index contributed by atoms with van der Waals surface area (Å²) in [5, 5.41) is 2.82. The molecule has 0 radical (unpaired) electrons. The first-order chi connectivity index (χ1) is 11.5. The van der Waals surface area contributed by atoms with Crippen molar-refractivity contribution in [1.29, 1.82) is 0 Å². The Balaban J connectivity index is 1.61. The van der Waals surface area contributed by atoms with Crippen molar-refractivity contribution in [1.82, 2.24) is 5.32 Å². The lowest BCUT2D eigenvalue weighted by atomic mass is 9.88. The highest BCUT2D eigenvalue weighted by molar-refractivity contribution is 5.91. The Morgan fingerprint density at radius 3 is 2.92 bits per heavy atom. The lowest BCUT2D eigenvalue weighted by Gasteiger charge is -2.18. The van der Waals surface area contributed by atoms with Gasteiger partial charge in [-0.05, 0) is 57.1 Å². The Hall–Kier alpha value is -2.04. The number of esters is 1. The van der Waals surface area contributed by atoms with Gasteiger partial charge in [-0.3, -0.25) is 0 Å². The van der Waals surface area contributed by atoms with Crippen LogP contribution in [-0.2, 0) is 14.3 Å². The second kappa shape index (κ2) is 7.24. The van der Waals surface area contributed by atoms with Crippen molar-refractivity contribution in [3.05, 3.63) is 35.5 Å². The van der Waals surface area contributed by atoms with Crippen LogP contribution < -0.4 is 5.32 Å². The molecule has 24 heavy (non-hydrogen) atoms. The van der Waals surface area contributed by atoms with Crippen LogP contribution in [0.2, 0.25) is 0 Å². The molecule has 0 spiro atoms. The van der Waals surface area contributed by atoms with Crippen molar-refractivity contribution in [2.45, 2.75) is 57.6 Å². The molecule has 1 N–H and O–H groups in total. The van der Waals surface area contributed by atoms with Crippen LogP contribution in [0.25, 0.3) is 0 Å². The van der Waals surface area contributed by atoms with E-state index in [2.05, 4.69) is 31.0 Å². The molecular formula is C19H25NO4. The van der Waals surface area contributed by atoms with Gasteiger partial charge >= 0.3 is 12.1 Å². The molecule has 1 saturated carbocycles. The zero-order valence-electron chi connectivity index (χ0n) is 14.2. The van der Waals surface area contributed by atoms with Gasteiger partial charge in [0.25, 0.3) is 0 Å². The molecule has 3 rings (SSSR count). The summed E-state index contributed by atoms with van der Waals surface area (Å²) in [5.41, 5.74) is 2.86. The number of hydrogen-bond donors (Lipinski definition) is 1. The van der Waals surface area contributed by atoms with Crippen LogP contribution in [0.5, 0.6) is 0 Å². The molecule has 2 fully saturated rings. The van der Waals surface area contributed by atoms with Gasteiger partial charge in [0, 0.05) is 17.5 Å². The standard InChI is InChI=1S/C19H25NO4/c1-12-4-3-5-14(11-23-19(22)20-15-7-8-15)6-9-16-13(2)18(21)24-17(16)10-12/h5,10,15-17H,2-4,6-9,11H2,1H3,(H,20,22)/t16-,17+/m0/s1. The maximum Gasteiger partial charge on any atom is 0.407 e. The first kappa shape index (κ1) is 16.8. The number of carbonyl (C=O) groups is 2. The minimum atomic E-state index is -0.340. The number of fused-ring (bicyclic) bond motifs is 1. The highest BCUT2D eigenvalue weighted by Gasteiger charge is 2.37. The summed E-state index contributed by atoms with van der Waals surface area (Å²) in [7, 11) is 0. The van der Waals surface area contributed by atoms with Gasteiger partial charge < -0.3 is 14.8 Å². The molecule has 2 atom stereocenters. The predicted molar refractivity (Wildman–Crippen MR) is 90.3 cm³/mol. The Labute approximate surface area is 142 Å². The van der Waals surface area contributed by atoms with E-state index in [1.165, 1.54) is 5.57 Å². The van der Waals surface area contributed by atoms with Crippen LogP contribution in [0.1, 0.15) is 45.4 Å². The first-order valence-corrected chi connectivity index (χ1v) is 8.71.